The second-order valence-electron chi connectivity index (χ2n) is 7.21. The summed E-state index contributed by atoms with van der Waals surface area (Å²) in [4.78, 5) is 14.6. The lowest BCUT2D eigenvalue weighted by Gasteiger charge is -2.30. The van der Waals surface area contributed by atoms with Gasteiger partial charge in [0.15, 0.2) is 10.9 Å². The van der Waals surface area contributed by atoms with E-state index in [1.807, 2.05) is 39.8 Å². The Hall–Kier alpha value is -2.54. The average Bonchev–Trinajstić information content (AvgIpc) is 3.37. The first-order valence-electron chi connectivity index (χ1n) is 9.62. The van der Waals surface area contributed by atoms with E-state index in [4.69, 9.17) is 4.42 Å². The fourth-order valence-corrected chi connectivity index (χ4v) is 4.21. The fourth-order valence-electron chi connectivity index (χ4n) is 3.37. The SMILES string of the molecule is CC1CCN(C(=O)CSc2nnc(-c3ccco3)n2Cc2ccccc2)CC1. The quantitative estimate of drug-likeness (QED) is 0.591. The molecule has 2 aromatic heterocycles. The largest absolute Gasteiger partial charge is 0.461 e. The Morgan fingerprint density at radius 3 is 2.64 bits per heavy atom. The number of piperidine rings is 1. The van der Waals surface area contributed by atoms with Gasteiger partial charge in [0.25, 0.3) is 0 Å². The zero-order valence-corrected chi connectivity index (χ0v) is 16.8. The standard InChI is InChI=1S/C21H24N4O2S/c1-16-9-11-24(12-10-16)19(26)15-28-21-23-22-20(18-8-5-13-27-18)25(21)14-17-6-3-2-4-7-17/h2-8,13,16H,9-12,14-15H2,1H3. The number of nitrogens with zero attached hydrogens (tertiary/aromatic N) is 4. The van der Waals surface area contributed by atoms with Gasteiger partial charge in [0.2, 0.25) is 11.7 Å². The molecule has 0 radical (unpaired) electrons. The van der Waals surface area contributed by atoms with Gasteiger partial charge in [-0.25, -0.2) is 0 Å². The topological polar surface area (TPSA) is 64.2 Å². The predicted octanol–water partition coefficient (Wildman–Crippen LogP) is 3.94. The minimum atomic E-state index is 0.172. The highest BCUT2D eigenvalue weighted by Crippen LogP contribution is 2.26. The van der Waals surface area contributed by atoms with Crippen molar-refractivity contribution < 1.29 is 9.21 Å². The van der Waals surface area contributed by atoms with Crippen LogP contribution in [0.3, 0.4) is 0 Å². The molecule has 1 fully saturated rings. The third-order valence-corrected chi connectivity index (χ3v) is 6.05. The van der Waals surface area contributed by atoms with Crippen molar-refractivity contribution in [1.29, 1.82) is 0 Å². The number of benzene rings is 1. The molecule has 4 rings (SSSR count). The van der Waals surface area contributed by atoms with Crippen LogP contribution in [0.5, 0.6) is 0 Å². The Kier molecular flexibility index (Phi) is 5.81. The first kappa shape index (κ1) is 18.8. The molecule has 3 heterocycles. The van der Waals surface area contributed by atoms with Crippen LogP contribution in [0, 0.1) is 5.92 Å². The van der Waals surface area contributed by atoms with Crippen molar-refractivity contribution in [2.45, 2.75) is 31.5 Å². The van der Waals surface area contributed by atoms with Crippen LogP contribution in [0.2, 0.25) is 0 Å². The molecule has 6 nitrogen and oxygen atoms in total. The number of likely N-dealkylation sites (tertiary alicyclic amines) is 1. The van der Waals surface area contributed by atoms with Crippen LogP contribution in [0.25, 0.3) is 11.6 Å². The summed E-state index contributed by atoms with van der Waals surface area (Å²) in [5, 5.41) is 9.40. The molecule has 7 heteroatoms. The van der Waals surface area contributed by atoms with E-state index in [2.05, 4.69) is 29.3 Å². The summed E-state index contributed by atoms with van der Waals surface area (Å²) in [7, 11) is 0. The van der Waals surface area contributed by atoms with Crippen molar-refractivity contribution in [1.82, 2.24) is 19.7 Å². The molecule has 1 aromatic carbocycles. The number of rotatable bonds is 6. The normalized spacial score (nSPS) is 15.1. The molecule has 0 bridgehead atoms. The van der Waals surface area contributed by atoms with E-state index < -0.39 is 0 Å². The van der Waals surface area contributed by atoms with E-state index in [-0.39, 0.29) is 5.91 Å². The van der Waals surface area contributed by atoms with E-state index >= 15 is 0 Å². The molecular weight excluding hydrogens is 372 g/mol. The number of hydrogen-bond donors (Lipinski definition) is 0. The molecule has 0 aliphatic carbocycles. The fraction of sp³-hybridized carbons (Fsp3) is 0.381. The summed E-state index contributed by atoms with van der Waals surface area (Å²) in [6.45, 7) is 4.59. The van der Waals surface area contributed by atoms with Crippen LogP contribution in [0.1, 0.15) is 25.3 Å². The van der Waals surface area contributed by atoms with Gasteiger partial charge in [-0.3, -0.25) is 9.36 Å². The molecule has 146 valence electrons. The summed E-state index contributed by atoms with van der Waals surface area (Å²) in [6.07, 6.45) is 3.80. The second-order valence-corrected chi connectivity index (χ2v) is 8.15. The molecule has 1 saturated heterocycles. The smallest absolute Gasteiger partial charge is 0.233 e. The van der Waals surface area contributed by atoms with Crippen molar-refractivity contribution in [3.05, 3.63) is 54.3 Å². The third kappa shape index (κ3) is 4.30. The minimum Gasteiger partial charge on any atom is -0.461 e. The van der Waals surface area contributed by atoms with Crippen molar-refractivity contribution >= 4 is 17.7 Å². The predicted molar refractivity (Wildman–Crippen MR) is 109 cm³/mol. The van der Waals surface area contributed by atoms with Gasteiger partial charge in [-0.15, -0.1) is 10.2 Å². The van der Waals surface area contributed by atoms with Crippen molar-refractivity contribution in [3.63, 3.8) is 0 Å². The van der Waals surface area contributed by atoms with Gasteiger partial charge in [0.1, 0.15) is 0 Å². The van der Waals surface area contributed by atoms with Crippen LogP contribution in [0.4, 0.5) is 0 Å². The lowest BCUT2D eigenvalue weighted by Crippen LogP contribution is -2.38. The van der Waals surface area contributed by atoms with Gasteiger partial charge < -0.3 is 9.32 Å². The highest BCUT2D eigenvalue weighted by atomic mass is 32.2. The number of carbonyl (C=O) groups excluding carboxylic acids is 1. The zero-order valence-electron chi connectivity index (χ0n) is 16.0. The van der Waals surface area contributed by atoms with Crippen LogP contribution in [-0.2, 0) is 11.3 Å². The van der Waals surface area contributed by atoms with Crippen LogP contribution in [-0.4, -0.2) is 44.4 Å². The van der Waals surface area contributed by atoms with Gasteiger partial charge >= 0.3 is 0 Å². The van der Waals surface area contributed by atoms with Crippen molar-refractivity contribution in [3.8, 4) is 11.6 Å². The number of thioether (sulfide) groups is 1. The van der Waals surface area contributed by atoms with Crippen LogP contribution < -0.4 is 0 Å². The average molecular weight is 397 g/mol. The molecule has 28 heavy (non-hydrogen) atoms. The molecule has 0 spiro atoms. The summed E-state index contributed by atoms with van der Waals surface area (Å²) in [6, 6.07) is 13.9. The Morgan fingerprint density at radius 1 is 1.14 bits per heavy atom. The molecule has 0 unspecified atom stereocenters. The highest BCUT2D eigenvalue weighted by molar-refractivity contribution is 7.99. The number of aromatic nitrogens is 3. The van der Waals surface area contributed by atoms with E-state index in [1.54, 1.807) is 6.26 Å². The Balaban J connectivity index is 1.51. The Bertz CT molecular complexity index is 900. The lowest BCUT2D eigenvalue weighted by atomic mass is 9.99. The summed E-state index contributed by atoms with van der Waals surface area (Å²) in [5.41, 5.74) is 1.15. The maximum absolute atomic E-state index is 12.6. The molecule has 1 aliphatic heterocycles. The summed E-state index contributed by atoms with van der Waals surface area (Å²) >= 11 is 1.44. The van der Waals surface area contributed by atoms with Crippen LogP contribution >= 0.6 is 11.8 Å². The van der Waals surface area contributed by atoms with Gasteiger partial charge in [-0.05, 0) is 36.5 Å². The Morgan fingerprint density at radius 2 is 1.93 bits per heavy atom. The monoisotopic (exact) mass is 396 g/mol. The molecule has 0 N–H and O–H groups in total. The summed E-state index contributed by atoms with van der Waals surface area (Å²) in [5.74, 6) is 2.61. The van der Waals surface area contributed by atoms with Gasteiger partial charge in [0, 0.05) is 13.1 Å². The highest BCUT2D eigenvalue weighted by Gasteiger charge is 2.22. The number of amides is 1. The van der Waals surface area contributed by atoms with E-state index in [1.165, 1.54) is 11.8 Å². The third-order valence-electron chi connectivity index (χ3n) is 5.10. The van der Waals surface area contributed by atoms with E-state index in [0.717, 1.165) is 36.7 Å². The molecule has 1 amide bonds. The maximum Gasteiger partial charge on any atom is 0.233 e. The lowest BCUT2D eigenvalue weighted by molar-refractivity contribution is -0.129. The Labute approximate surface area is 168 Å². The molecule has 0 saturated carbocycles. The minimum absolute atomic E-state index is 0.172. The van der Waals surface area contributed by atoms with Crippen LogP contribution in [0.15, 0.2) is 58.3 Å². The van der Waals surface area contributed by atoms with Gasteiger partial charge in [0.05, 0.1) is 18.6 Å². The second kappa shape index (κ2) is 8.65. The van der Waals surface area contributed by atoms with E-state index in [9.17, 15) is 4.79 Å². The zero-order chi connectivity index (χ0) is 19.3. The van der Waals surface area contributed by atoms with Crippen molar-refractivity contribution in [2.75, 3.05) is 18.8 Å². The van der Waals surface area contributed by atoms with Crippen molar-refractivity contribution in [2.24, 2.45) is 5.92 Å². The summed E-state index contributed by atoms with van der Waals surface area (Å²) < 4.78 is 7.55. The number of furan rings is 1. The molecular formula is C21H24N4O2S. The number of carbonyl (C=O) groups is 1. The molecule has 0 atom stereocenters. The molecule has 1 aliphatic rings. The first-order valence-corrected chi connectivity index (χ1v) is 10.6. The first-order chi connectivity index (χ1) is 13.7. The van der Waals surface area contributed by atoms with Gasteiger partial charge in [-0.1, -0.05) is 49.0 Å². The number of hydrogen-bond acceptors (Lipinski definition) is 5. The van der Waals surface area contributed by atoms with Gasteiger partial charge in [-0.2, -0.15) is 0 Å². The van der Waals surface area contributed by atoms with E-state index in [0.29, 0.717) is 29.8 Å². The molecule has 3 aromatic rings. The maximum atomic E-state index is 12.6.